The molecule has 0 fully saturated rings. The molecule has 0 radical (unpaired) electrons. The highest BCUT2D eigenvalue weighted by Crippen LogP contribution is 2.32. The van der Waals surface area contributed by atoms with Crippen LogP contribution >= 0.6 is 15.9 Å². The van der Waals surface area contributed by atoms with Crippen molar-refractivity contribution >= 4 is 56.6 Å². The lowest BCUT2D eigenvalue weighted by Crippen LogP contribution is -2.51. The van der Waals surface area contributed by atoms with Crippen molar-refractivity contribution in [2.24, 2.45) is 4.99 Å². The average Bonchev–Trinajstić information content (AvgIpc) is 3.47. The van der Waals surface area contributed by atoms with Crippen LogP contribution in [0.25, 0.3) is 10.9 Å². The molecule has 2 heterocycles. The minimum Gasteiger partial charge on any atom is -0.508 e. The first-order valence-electron chi connectivity index (χ1n) is 16.4. The van der Waals surface area contributed by atoms with Gasteiger partial charge in [-0.2, -0.15) is 0 Å². The lowest BCUT2D eigenvalue weighted by molar-refractivity contribution is -0.142. The Morgan fingerprint density at radius 3 is 2.48 bits per heavy atom. The summed E-state index contributed by atoms with van der Waals surface area (Å²) in [7, 11) is 0. The fourth-order valence-corrected chi connectivity index (χ4v) is 6.33. The second-order valence-corrected chi connectivity index (χ2v) is 14.4. The molecule has 15 nitrogen and oxygen atoms in total. The Kier molecular flexibility index (Phi) is 12.0. The predicted octanol–water partition coefficient (Wildman–Crippen LogP) is 2.65. The first kappa shape index (κ1) is 38.4. The number of anilines is 1. The van der Waals surface area contributed by atoms with Crippen molar-refractivity contribution in [3.05, 3.63) is 93.1 Å². The van der Waals surface area contributed by atoms with E-state index in [0.29, 0.717) is 38.9 Å². The van der Waals surface area contributed by atoms with Crippen molar-refractivity contribution in [1.29, 1.82) is 0 Å². The van der Waals surface area contributed by atoms with Crippen molar-refractivity contribution in [1.82, 2.24) is 26.3 Å². The predicted molar refractivity (Wildman–Crippen MR) is 198 cm³/mol. The van der Waals surface area contributed by atoms with Crippen molar-refractivity contribution in [2.75, 3.05) is 25.0 Å². The van der Waals surface area contributed by atoms with Gasteiger partial charge >= 0.3 is 5.97 Å². The number of hydrogen-bond donors (Lipinski definition) is 11. The number of aromatic hydroxyl groups is 1. The molecule has 0 bridgehead atoms. The smallest absolute Gasteiger partial charge is 0.323 e. The molecule has 1 amide bonds. The number of aliphatic carboxylic acids is 1. The number of aromatic amines is 1. The van der Waals surface area contributed by atoms with Crippen LogP contribution in [0.1, 0.15) is 72.0 Å². The SMILES string of the molecule is CC(C)(C)c1cc(Br)cc(C(NC(=O)CNC(O)c2cc(O)cc(NC3=NCC(O)CN3)c2)[C@H](NC(O)c2[nH]c3ccccc3c2C=O)C(=O)O)c1. The van der Waals surface area contributed by atoms with Crippen LogP contribution in [0.2, 0.25) is 0 Å². The molecular weight excluding hydrogens is 738 g/mol. The number of halogens is 1. The van der Waals surface area contributed by atoms with E-state index in [4.69, 9.17) is 0 Å². The van der Waals surface area contributed by atoms with Gasteiger partial charge < -0.3 is 46.5 Å². The lowest BCUT2D eigenvalue weighted by Gasteiger charge is -2.30. The molecule has 0 aliphatic carbocycles. The zero-order chi connectivity index (χ0) is 37.7. The van der Waals surface area contributed by atoms with Gasteiger partial charge in [-0.15, -0.1) is 0 Å². The number of β-amino-alcohol motifs (C(OH)–C–C–N with tert-alkyl or cyclic N) is 1. The summed E-state index contributed by atoms with van der Waals surface area (Å²) in [6, 6.07) is 13.6. The quantitative estimate of drug-likeness (QED) is 0.0694. The molecule has 3 aromatic carbocycles. The van der Waals surface area contributed by atoms with Crippen LogP contribution in [0.5, 0.6) is 5.75 Å². The van der Waals surface area contributed by atoms with Crippen LogP contribution in [0.15, 0.2) is 70.1 Å². The van der Waals surface area contributed by atoms with Gasteiger partial charge in [-0.25, -0.2) is 0 Å². The zero-order valence-electron chi connectivity index (χ0n) is 28.6. The van der Waals surface area contributed by atoms with Crippen LogP contribution < -0.4 is 26.6 Å². The van der Waals surface area contributed by atoms with Crippen LogP contribution in [-0.2, 0) is 15.0 Å². The minimum absolute atomic E-state index is 0.0610. The molecule has 276 valence electrons. The molecule has 11 N–H and O–H groups in total. The summed E-state index contributed by atoms with van der Waals surface area (Å²) in [6.45, 7) is 5.95. The summed E-state index contributed by atoms with van der Waals surface area (Å²) in [5.41, 5.74) is 2.27. The number of carboxylic acids is 1. The van der Waals surface area contributed by atoms with Crippen molar-refractivity contribution in [2.45, 2.75) is 56.8 Å². The topological polar surface area (TPSA) is 241 Å². The van der Waals surface area contributed by atoms with Crippen LogP contribution in [0.4, 0.5) is 5.69 Å². The number of phenols is 1. The molecule has 0 saturated heterocycles. The third-order valence-corrected chi connectivity index (χ3v) is 8.96. The Morgan fingerprint density at radius 2 is 1.81 bits per heavy atom. The summed E-state index contributed by atoms with van der Waals surface area (Å²) >= 11 is 3.51. The van der Waals surface area contributed by atoms with E-state index < -0.39 is 49.1 Å². The number of carbonyl (C=O) groups is 3. The zero-order valence-corrected chi connectivity index (χ0v) is 30.2. The third kappa shape index (κ3) is 9.33. The number of phenolic OH excluding ortho intramolecular Hbond substituents is 1. The number of hydrogen-bond acceptors (Lipinski definition) is 12. The van der Waals surface area contributed by atoms with E-state index >= 15 is 0 Å². The number of aliphatic imine (C=N–C) groups is 1. The van der Waals surface area contributed by atoms with Gasteiger partial charge in [0.05, 0.1) is 30.9 Å². The number of rotatable bonds is 13. The normalized spacial score (nSPS) is 17.0. The van der Waals surface area contributed by atoms with E-state index in [9.17, 15) is 39.9 Å². The first-order valence-corrected chi connectivity index (χ1v) is 17.2. The van der Waals surface area contributed by atoms with E-state index in [1.165, 1.54) is 18.2 Å². The van der Waals surface area contributed by atoms with Gasteiger partial charge in [0.2, 0.25) is 5.91 Å². The largest absolute Gasteiger partial charge is 0.508 e. The van der Waals surface area contributed by atoms with Gasteiger partial charge in [0.1, 0.15) is 24.2 Å². The number of aldehydes is 1. The molecule has 0 saturated carbocycles. The number of benzene rings is 3. The van der Waals surface area contributed by atoms with E-state index in [1.54, 1.807) is 36.4 Å². The summed E-state index contributed by atoms with van der Waals surface area (Å²) in [4.78, 5) is 45.6. The van der Waals surface area contributed by atoms with Gasteiger partial charge in [-0.3, -0.25) is 30.0 Å². The molecule has 1 aliphatic heterocycles. The first-order chi connectivity index (χ1) is 24.6. The second kappa shape index (κ2) is 16.2. The maximum Gasteiger partial charge on any atom is 0.323 e. The van der Waals surface area contributed by atoms with Crippen molar-refractivity contribution in [3.8, 4) is 5.75 Å². The maximum absolute atomic E-state index is 13.5. The molecular formula is C36H42BrN7O8. The number of nitrogens with one attached hydrogen (secondary N) is 6. The highest BCUT2D eigenvalue weighted by molar-refractivity contribution is 9.10. The number of para-hydroxylation sites is 1. The average molecular weight is 781 g/mol. The van der Waals surface area contributed by atoms with Gasteiger partial charge in [-0.05, 0) is 46.9 Å². The molecule has 4 unspecified atom stereocenters. The number of carboxylic acid groups (broad SMARTS) is 1. The number of aromatic nitrogens is 1. The molecule has 16 heteroatoms. The number of carbonyl (C=O) groups excluding carboxylic acids is 2. The van der Waals surface area contributed by atoms with Gasteiger partial charge in [0, 0.05) is 44.8 Å². The lowest BCUT2D eigenvalue weighted by atomic mass is 9.84. The minimum atomic E-state index is -1.66. The molecule has 52 heavy (non-hydrogen) atoms. The third-order valence-electron chi connectivity index (χ3n) is 8.51. The number of H-pyrrole nitrogens is 1. The monoisotopic (exact) mass is 779 g/mol. The van der Waals surface area contributed by atoms with Crippen molar-refractivity contribution in [3.63, 3.8) is 0 Å². The molecule has 5 rings (SSSR count). The molecule has 4 aromatic rings. The van der Waals surface area contributed by atoms with E-state index in [0.717, 1.165) is 5.56 Å². The Hall–Kier alpha value is -4.84. The van der Waals surface area contributed by atoms with Gasteiger partial charge in [0.15, 0.2) is 12.2 Å². The Bertz CT molecular complexity index is 1980. The summed E-state index contributed by atoms with van der Waals surface area (Å²) in [6.07, 6.45) is -3.13. The summed E-state index contributed by atoms with van der Waals surface area (Å²) in [5.74, 6) is -1.89. The highest BCUT2D eigenvalue weighted by atomic mass is 79.9. The van der Waals surface area contributed by atoms with Gasteiger partial charge in [0.25, 0.3) is 0 Å². The Labute approximate surface area is 307 Å². The number of aliphatic hydroxyl groups is 3. The van der Waals surface area contributed by atoms with Crippen LogP contribution in [-0.4, -0.2) is 86.4 Å². The number of fused-ring (bicyclic) bond motifs is 1. The fourth-order valence-electron chi connectivity index (χ4n) is 5.82. The molecule has 0 spiro atoms. The second-order valence-electron chi connectivity index (χ2n) is 13.5. The van der Waals surface area contributed by atoms with Gasteiger partial charge in [-0.1, -0.05) is 61.0 Å². The number of nitrogens with zero attached hydrogens (tertiary/aromatic N) is 1. The Morgan fingerprint density at radius 1 is 1.06 bits per heavy atom. The van der Waals surface area contributed by atoms with Crippen LogP contribution in [0.3, 0.4) is 0 Å². The van der Waals surface area contributed by atoms with Crippen molar-refractivity contribution < 1.29 is 39.9 Å². The van der Waals surface area contributed by atoms with Crippen LogP contribution in [0, 0.1) is 0 Å². The number of guanidine groups is 1. The number of amides is 1. The standard InChI is InChI=1S/C36H42BrN7O8/c1-36(2,3)20-8-18(9-21(37)12-20)29(31(34(51)52)44-33(50)30-26(17-45)25-6-4-5-7-27(25)42-30)43-28(48)16-38-32(49)19-10-22(13-23(46)11-19)41-35-39-14-24(47)15-40-35/h4-13,17,24,29,31-33,38,42,44,46-47,49-50H,14-16H2,1-3H3,(H,43,48)(H,51,52)(H2,39,40,41)/t29?,31-,32?,33?/m0/s1. The van der Waals surface area contributed by atoms with E-state index in [-0.39, 0.29) is 41.1 Å². The molecule has 1 aliphatic rings. The number of aliphatic hydroxyl groups excluding tert-OH is 3. The van der Waals surface area contributed by atoms with E-state index in [1.807, 2.05) is 26.8 Å². The molecule has 5 atom stereocenters. The fraction of sp³-hybridized carbons (Fsp3) is 0.333. The maximum atomic E-state index is 13.5. The summed E-state index contributed by atoms with van der Waals surface area (Å²) < 4.78 is 0.630. The summed E-state index contributed by atoms with van der Waals surface area (Å²) in [5, 5.41) is 67.3. The molecule has 1 aromatic heterocycles. The Balaban J connectivity index is 1.39. The van der Waals surface area contributed by atoms with E-state index in [2.05, 4.69) is 52.5 Å². The highest BCUT2D eigenvalue weighted by Gasteiger charge is 2.35.